The fourth-order valence-corrected chi connectivity index (χ4v) is 3.15. The van der Waals surface area contributed by atoms with E-state index in [1.165, 1.54) is 35.2 Å². The summed E-state index contributed by atoms with van der Waals surface area (Å²) in [5.41, 5.74) is 3.27. The predicted octanol–water partition coefficient (Wildman–Crippen LogP) is 3.78. The second-order valence-electron chi connectivity index (χ2n) is 6.62. The zero-order chi connectivity index (χ0) is 20.3. The quantitative estimate of drug-likeness (QED) is 0.843. The van der Waals surface area contributed by atoms with Crippen LogP contribution in [0.2, 0.25) is 0 Å². The minimum atomic E-state index is -4.77. The van der Waals surface area contributed by atoms with Gasteiger partial charge in [0.1, 0.15) is 5.75 Å². The number of amides is 2. The van der Waals surface area contributed by atoms with Crippen molar-refractivity contribution in [2.24, 2.45) is 0 Å². The average molecular weight is 392 g/mol. The van der Waals surface area contributed by atoms with E-state index in [9.17, 15) is 22.8 Å². The lowest BCUT2D eigenvalue weighted by atomic mass is 10.1. The summed E-state index contributed by atoms with van der Waals surface area (Å²) < 4.78 is 40.2. The number of benzene rings is 2. The fourth-order valence-electron chi connectivity index (χ4n) is 3.15. The predicted molar refractivity (Wildman–Crippen MR) is 97.2 cm³/mol. The number of fused-ring (bicyclic) bond motifs is 1. The van der Waals surface area contributed by atoms with E-state index in [4.69, 9.17) is 0 Å². The molecule has 0 bridgehead atoms. The molecule has 3 rings (SSSR count). The van der Waals surface area contributed by atoms with Crippen molar-refractivity contribution in [1.82, 2.24) is 4.90 Å². The van der Waals surface area contributed by atoms with E-state index < -0.39 is 12.3 Å². The molecule has 148 valence electrons. The number of halogens is 3. The first kappa shape index (κ1) is 19.7. The lowest BCUT2D eigenvalue weighted by molar-refractivity contribution is -0.274. The number of ether oxygens (including phenoxy) is 1. The highest BCUT2D eigenvalue weighted by Gasteiger charge is 2.31. The Balaban J connectivity index is 1.56. The van der Waals surface area contributed by atoms with Crippen molar-refractivity contribution >= 4 is 17.5 Å². The third-order valence-electron chi connectivity index (χ3n) is 4.44. The van der Waals surface area contributed by atoms with Crippen LogP contribution in [0.25, 0.3) is 0 Å². The van der Waals surface area contributed by atoms with Gasteiger partial charge in [0.2, 0.25) is 5.91 Å². The number of aryl methyl sites for hydroxylation is 2. The molecule has 1 aliphatic rings. The number of alkyl halides is 3. The lowest BCUT2D eigenvalue weighted by Gasteiger charge is -2.17. The van der Waals surface area contributed by atoms with Crippen molar-refractivity contribution in [3.05, 3.63) is 59.2 Å². The minimum Gasteiger partial charge on any atom is -0.406 e. The van der Waals surface area contributed by atoms with Crippen molar-refractivity contribution in [2.45, 2.75) is 25.6 Å². The highest BCUT2D eigenvalue weighted by atomic mass is 19.4. The molecule has 0 atom stereocenters. The van der Waals surface area contributed by atoms with Crippen LogP contribution in [0.4, 0.5) is 18.9 Å². The maximum absolute atomic E-state index is 12.5. The van der Waals surface area contributed by atoms with E-state index >= 15 is 0 Å². The third-order valence-corrected chi connectivity index (χ3v) is 4.44. The molecule has 0 spiro atoms. The van der Waals surface area contributed by atoms with E-state index in [1.807, 2.05) is 12.1 Å². The molecule has 0 heterocycles. The van der Waals surface area contributed by atoms with Crippen LogP contribution in [0.1, 0.15) is 27.9 Å². The fraction of sp³-hybridized carbons (Fsp3) is 0.300. The first-order chi connectivity index (χ1) is 13.2. The van der Waals surface area contributed by atoms with Crippen LogP contribution in [-0.4, -0.2) is 36.7 Å². The zero-order valence-corrected chi connectivity index (χ0v) is 15.2. The van der Waals surface area contributed by atoms with Gasteiger partial charge in [0.05, 0.1) is 6.54 Å². The second-order valence-corrected chi connectivity index (χ2v) is 6.62. The maximum atomic E-state index is 12.5. The molecule has 5 nitrogen and oxygen atoms in total. The van der Waals surface area contributed by atoms with Crippen LogP contribution < -0.4 is 10.1 Å². The number of hydrogen-bond donors (Lipinski definition) is 1. The molecule has 2 amide bonds. The number of likely N-dealkylation sites (N-methyl/N-ethyl adjacent to an activating group) is 1. The Morgan fingerprint density at radius 1 is 1.07 bits per heavy atom. The van der Waals surface area contributed by atoms with Gasteiger partial charge in [-0.15, -0.1) is 13.2 Å². The van der Waals surface area contributed by atoms with Crippen molar-refractivity contribution in [2.75, 3.05) is 18.9 Å². The Kier molecular flexibility index (Phi) is 5.58. The Bertz CT molecular complexity index is 879. The molecule has 0 saturated heterocycles. The molecule has 0 aromatic heterocycles. The van der Waals surface area contributed by atoms with Gasteiger partial charge in [0, 0.05) is 18.3 Å². The number of hydrogen-bond acceptors (Lipinski definition) is 3. The van der Waals surface area contributed by atoms with E-state index in [0.717, 1.165) is 31.4 Å². The molecule has 28 heavy (non-hydrogen) atoms. The topological polar surface area (TPSA) is 58.6 Å². The molecule has 1 N–H and O–H groups in total. The van der Waals surface area contributed by atoms with Crippen molar-refractivity contribution in [3.8, 4) is 5.75 Å². The van der Waals surface area contributed by atoms with Crippen molar-refractivity contribution in [1.29, 1.82) is 0 Å². The summed E-state index contributed by atoms with van der Waals surface area (Å²) >= 11 is 0. The van der Waals surface area contributed by atoms with E-state index in [2.05, 4.69) is 10.1 Å². The van der Waals surface area contributed by atoms with Gasteiger partial charge in [-0.1, -0.05) is 6.07 Å². The molecule has 0 aliphatic heterocycles. The Morgan fingerprint density at radius 3 is 2.43 bits per heavy atom. The number of nitrogens with one attached hydrogen (secondary N) is 1. The van der Waals surface area contributed by atoms with Crippen LogP contribution in [0.3, 0.4) is 0 Å². The van der Waals surface area contributed by atoms with Crippen molar-refractivity contribution in [3.63, 3.8) is 0 Å². The summed E-state index contributed by atoms with van der Waals surface area (Å²) in [6.07, 6.45) is -1.72. The Hall–Kier alpha value is -3.03. The summed E-state index contributed by atoms with van der Waals surface area (Å²) in [6.45, 7) is -0.184. The molecular weight excluding hydrogens is 373 g/mol. The first-order valence-corrected chi connectivity index (χ1v) is 8.74. The van der Waals surface area contributed by atoms with Gasteiger partial charge in [0.15, 0.2) is 0 Å². The highest BCUT2D eigenvalue weighted by molar-refractivity contribution is 5.99. The number of carbonyl (C=O) groups is 2. The minimum absolute atomic E-state index is 0.184. The summed E-state index contributed by atoms with van der Waals surface area (Å²) in [7, 11) is 1.52. The zero-order valence-electron chi connectivity index (χ0n) is 15.2. The normalized spacial score (nSPS) is 13.0. The van der Waals surface area contributed by atoms with Crippen LogP contribution in [0.5, 0.6) is 5.75 Å². The molecule has 8 heteroatoms. The molecule has 2 aromatic carbocycles. The van der Waals surface area contributed by atoms with Crippen LogP contribution in [0.15, 0.2) is 42.5 Å². The first-order valence-electron chi connectivity index (χ1n) is 8.74. The molecule has 0 unspecified atom stereocenters. The standard InChI is InChI=1S/C20H19F3N2O3/c1-25(19(27)15-6-5-13-3-2-4-14(13)11-15)12-18(26)24-16-7-9-17(10-8-16)28-20(21,22)23/h5-11H,2-4,12H2,1H3,(H,24,26). The third kappa shape index (κ3) is 5.03. The van der Waals surface area contributed by atoms with Gasteiger partial charge in [-0.3, -0.25) is 9.59 Å². The van der Waals surface area contributed by atoms with Crippen molar-refractivity contribution < 1.29 is 27.5 Å². The molecule has 0 fully saturated rings. The smallest absolute Gasteiger partial charge is 0.406 e. The van der Waals surface area contributed by atoms with Crippen LogP contribution in [-0.2, 0) is 17.6 Å². The summed E-state index contributed by atoms with van der Waals surface area (Å²) in [4.78, 5) is 26.0. The summed E-state index contributed by atoms with van der Waals surface area (Å²) in [5, 5.41) is 2.54. The van der Waals surface area contributed by atoms with Gasteiger partial charge in [-0.2, -0.15) is 0 Å². The second kappa shape index (κ2) is 7.92. The molecule has 0 saturated carbocycles. The maximum Gasteiger partial charge on any atom is 0.573 e. The summed E-state index contributed by atoms with van der Waals surface area (Å²) in [5.74, 6) is -1.10. The number of rotatable bonds is 5. The van der Waals surface area contributed by atoms with Gasteiger partial charge in [-0.25, -0.2) is 0 Å². The van der Waals surface area contributed by atoms with E-state index in [1.54, 1.807) is 6.07 Å². The van der Waals surface area contributed by atoms with Crippen LogP contribution >= 0.6 is 0 Å². The Morgan fingerprint density at radius 2 is 1.75 bits per heavy atom. The number of carbonyl (C=O) groups excluding carboxylic acids is 2. The van der Waals surface area contributed by atoms with Gasteiger partial charge in [-0.05, 0) is 66.8 Å². The Labute approximate surface area is 160 Å². The molecular formula is C20H19F3N2O3. The molecule has 0 radical (unpaired) electrons. The summed E-state index contributed by atoms with van der Waals surface area (Å²) in [6, 6.07) is 10.4. The molecule has 2 aromatic rings. The van der Waals surface area contributed by atoms with Gasteiger partial charge in [0.25, 0.3) is 5.91 Å². The van der Waals surface area contributed by atoms with Crippen LogP contribution in [0, 0.1) is 0 Å². The van der Waals surface area contributed by atoms with Gasteiger partial charge >= 0.3 is 6.36 Å². The molecule has 1 aliphatic carbocycles. The number of nitrogens with zero attached hydrogens (tertiary/aromatic N) is 1. The monoisotopic (exact) mass is 392 g/mol. The number of anilines is 1. The SMILES string of the molecule is CN(CC(=O)Nc1ccc(OC(F)(F)F)cc1)C(=O)c1ccc2c(c1)CCC2. The lowest BCUT2D eigenvalue weighted by Crippen LogP contribution is -2.35. The van der Waals surface area contributed by atoms with E-state index in [0.29, 0.717) is 11.3 Å². The van der Waals surface area contributed by atoms with Gasteiger partial charge < -0.3 is 15.0 Å². The largest absolute Gasteiger partial charge is 0.573 e. The van der Waals surface area contributed by atoms with E-state index in [-0.39, 0.29) is 18.2 Å². The average Bonchev–Trinajstić information content (AvgIpc) is 3.09. The highest BCUT2D eigenvalue weighted by Crippen LogP contribution is 2.24.